The van der Waals surface area contributed by atoms with E-state index in [9.17, 15) is 29.1 Å². The van der Waals surface area contributed by atoms with Crippen LogP contribution in [0.3, 0.4) is 0 Å². The molecule has 0 bridgehead atoms. The molecular formula is C21H36N10O6S. The molecule has 4 unspecified atom stereocenters. The first-order chi connectivity index (χ1) is 17.9. The van der Waals surface area contributed by atoms with Crippen LogP contribution in [-0.2, 0) is 30.4 Å². The fourth-order valence-electron chi connectivity index (χ4n) is 3.20. The van der Waals surface area contributed by atoms with Crippen LogP contribution in [0.4, 0.5) is 0 Å². The Labute approximate surface area is 223 Å². The third-order valence-electron chi connectivity index (χ3n) is 5.18. The molecule has 0 aliphatic heterocycles. The lowest BCUT2D eigenvalue weighted by Gasteiger charge is -2.24. The number of aliphatic imine (C=N–C) groups is 1. The normalized spacial score (nSPS) is 13.8. The van der Waals surface area contributed by atoms with E-state index >= 15 is 0 Å². The van der Waals surface area contributed by atoms with Crippen molar-refractivity contribution in [3.63, 3.8) is 0 Å². The van der Waals surface area contributed by atoms with Crippen LogP contribution in [0.15, 0.2) is 17.5 Å². The molecule has 17 heteroatoms. The molecule has 0 radical (unpaired) electrons. The van der Waals surface area contributed by atoms with Gasteiger partial charge >= 0.3 is 5.97 Å². The van der Waals surface area contributed by atoms with Crippen molar-refractivity contribution in [1.29, 1.82) is 0 Å². The molecule has 13 N–H and O–H groups in total. The number of aromatic nitrogens is 2. The first kappa shape index (κ1) is 32.2. The molecule has 0 fully saturated rings. The average molecular weight is 557 g/mol. The predicted octanol–water partition coefficient (Wildman–Crippen LogP) is -3.50. The maximum absolute atomic E-state index is 13.1. The molecule has 0 spiro atoms. The highest BCUT2D eigenvalue weighted by Crippen LogP contribution is 2.05. The van der Waals surface area contributed by atoms with Crippen LogP contribution in [-0.4, -0.2) is 93.4 Å². The summed E-state index contributed by atoms with van der Waals surface area (Å²) in [6.07, 6.45) is 4.59. The molecular weight excluding hydrogens is 520 g/mol. The molecule has 0 saturated heterocycles. The molecule has 1 heterocycles. The van der Waals surface area contributed by atoms with Crippen molar-refractivity contribution in [1.82, 2.24) is 25.9 Å². The molecule has 4 amide bonds. The maximum atomic E-state index is 13.1. The second-order valence-electron chi connectivity index (χ2n) is 8.31. The number of rotatable bonds is 18. The van der Waals surface area contributed by atoms with E-state index < -0.39 is 60.2 Å². The van der Waals surface area contributed by atoms with Crippen LogP contribution in [0.5, 0.6) is 0 Å². The molecule has 0 saturated carbocycles. The van der Waals surface area contributed by atoms with Gasteiger partial charge in [0.2, 0.25) is 23.6 Å². The van der Waals surface area contributed by atoms with Crippen molar-refractivity contribution >= 4 is 47.3 Å². The number of thioether (sulfide) groups is 1. The van der Waals surface area contributed by atoms with Gasteiger partial charge in [0.15, 0.2) is 5.96 Å². The highest BCUT2D eigenvalue weighted by atomic mass is 32.2. The van der Waals surface area contributed by atoms with E-state index in [-0.39, 0.29) is 31.8 Å². The Bertz CT molecular complexity index is 970. The van der Waals surface area contributed by atoms with Crippen molar-refractivity contribution in [3.05, 3.63) is 18.2 Å². The van der Waals surface area contributed by atoms with Crippen LogP contribution in [0, 0.1) is 0 Å². The number of carboxylic acids is 1. The van der Waals surface area contributed by atoms with E-state index in [1.807, 2.05) is 6.26 Å². The molecule has 1 aromatic heterocycles. The number of guanidine groups is 1. The van der Waals surface area contributed by atoms with Crippen LogP contribution in [0.1, 0.15) is 31.4 Å². The lowest BCUT2D eigenvalue weighted by Crippen LogP contribution is -2.58. The lowest BCUT2D eigenvalue weighted by molar-refractivity contribution is -0.142. The largest absolute Gasteiger partial charge is 0.480 e. The van der Waals surface area contributed by atoms with E-state index in [4.69, 9.17) is 22.9 Å². The number of carbonyl (C=O) groups is 5. The highest BCUT2D eigenvalue weighted by molar-refractivity contribution is 7.98. The summed E-state index contributed by atoms with van der Waals surface area (Å²) in [5.74, 6) is -4.12. The summed E-state index contributed by atoms with van der Waals surface area (Å²) in [7, 11) is 0. The second-order valence-corrected chi connectivity index (χ2v) is 9.30. The minimum atomic E-state index is -1.51. The number of imidazole rings is 1. The van der Waals surface area contributed by atoms with Gasteiger partial charge in [0.1, 0.15) is 18.1 Å². The molecule has 1 aromatic rings. The lowest BCUT2D eigenvalue weighted by atomic mass is 10.1. The van der Waals surface area contributed by atoms with Gasteiger partial charge in [0, 0.05) is 24.9 Å². The van der Waals surface area contributed by atoms with Gasteiger partial charge in [-0.05, 0) is 31.3 Å². The SMILES string of the molecule is CSCCC(N)C(=O)NC(CCCN=C(N)N)C(=O)NC(CC(N)=O)C(=O)NC(Cc1cnc[nH]1)C(=O)O. The molecule has 4 atom stereocenters. The summed E-state index contributed by atoms with van der Waals surface area (Å²) in [5, 5.41) is 16.7. The third-order valence-corrected chi connectivity index (χ3v) is 5.82. The Kier molecular flexibility index (Phi) is 14.2. The summed E-state index contributed by atoms with van der Waals surface area (Å²) in [4.78, 5) is 72.2. The number of nitrogens with zero attached hydrogens (tertiary/aromatic N) is 2. The topological polar surface area (TPSA) is 287 Å². The van der Waals surface area contributed by atoms with Crippen LogP contribution in [0.25, 0.3) is 0 Å². The fraction of sp³-hybridized carbons (Fsp3) is 0.571. The number of nitrogens with two attached hydrogens (primary N) is 4. The summed E-state index contributed by atoms with van der Waals surface area (Å²) in [6.45, 7) is 0.166. The second kappa shape index (κ2) is 16.8. The van der Waals surface area contributed by atoms with Crippen molar-refractivity contribution in [2.75, 3.05) is 18.6 Å². The maximum Gasteiger partial charge on any atom is 0.326 e. The molecule has 0 aliphatic carbocycles. The number of carboxylic acid groups (broad SMARTS) is 1. The van der Waals surface area contributed by atoms with Crippen molar-refractivity contribution in [2.45, 2.75) is 56.3 Å². The highest BCUT2D eigenvalue weighted by Gasteiger charge is 2.31. The monoisotopic (exact) mass is 556 g/mol. The fourth-order valence-corrected chi connectivity index (χ4v) is 3.69. The minimum Gasteiger partial charge on any atom is -0.480 e. The number of primary amides is 1. The Morgan fingerprint density at radius 1 is 1.03 bits per heavy atom. The van der Waals surface area contributed by atoms with Gasteiger partial charge < -0.3 is 49.0 Å². The summed E-state index contributed by atoms with van der Waals surface area (Å²) in [6, 6.07) is -4.93. The zero-order valence-corrected chi connectivity index (χ0v) is 21.8. The van der Waals surface area contributed by atoms with Gasteiger partial charge in [-0.2, -0.15) is 11.8 Å². The molecule has 1 rings (SSSR count). The van der Waals surface area contributed by atoms with Gasteiger partial charge in [-0.15, -0.1) is 0 Å². The quantitative estimate of drug-likeness (QED) is 0.0485. The first-order valence-corrected chi connectivity index (χ1v) is 13.0. The van der Waals surface area contributed by atoms with Gasteiger partial charge in [-0.3, -0.25) is 24.2 Å². The minimum absolute atomic E-state index is 0.0755. The average Bonchev–Trinajstić information content (AvgIpc) is 3.35. The van der Waals surface area contributed by atoms with E-state index in [1.165, 1.54) is 24.3 Å². The van der Waals surface area contributed by atoms with Crippen molar-refractivity contribution in [3.8, 4) is 0 Å². The van der Waals surface area contributed by atoms with Gasteiger partial charge in [0.05, 0.1) is 18.8 Å². The number of aliphatic carboxylic acids is 1. The molecule has 38 heavy (non-hydrogen) atoms. The predicted molar refractivity (Wildman–Crippen MR) is 140 cm³/mol. The summed E-state index contributed by atoms with van der Waals surface area (Å²) < 4.78 is 0. The summed E-state index contributed by atoms with van der Waals surface area (Å²) in [5.41, 5.74) is 22.2. The number of hydrogen-bond acceptors (Lipinski definition) is 9. The zero-order valence-electron chi connectivity index (χ0n) is 21.0. The van der Waals surface area contributed by atoms with Crippen molar-refractivity contribution < 1.29 is 29.1 Å². The number of hydrogen-bond donors (Lipinski definition) is 9. The van der Waals surface area contributed by atoms with Gasteiger partial charge in [0.25, 0.3) is 0 Å². The van der Waals surface area contributed by atoms with Crippen LogP contribution >= 0.6 is 11.8 Å². The van der Waals surface area contributed by atoms with E-state index in [1.54, 1.807) is 0 Å². The smallest absolute Gasteiger partial charge is 0.326 e. The Morgan fingerprint density at radius 3 is 2.21 bits per heavy atom. The Balaban J connectivity index is 3.00. The van der Waals surface area contributed by atoms with Gasteiger partial charge in [-0.25, -0.2) is 9.78 Å². The first-order valence-electron chi connectivity index (χ1n) is 11.6. The number of nitrogens with one attached hydrogen (secondary N) is 4. The van der Waals surface area contributed by atoms with Crippen LogP contribution < -0.4 is 38.9 Å². The number of aromatic amines is 1. The molecule has 16 nitrogen and oxygen atoms in total. The van der Waals surface area contributed by atoms with Crippen LogP contribution in [0.2, 0.25) is 0 Å². The summed E-state index contributed by atoms with van der Waals surface area (Å²) >= 11 is 1.50. The Morgan fingerprint density at radius 2 is 1.66 bits per heavy atom. The van der Waals surface area contributed by atoms with E-state index in [0.29, 0.717) is 17.9 Å². The van der Waals surface area contributed by atoms with E-state index in [2.05, 4.69) is 30.9 Å². The molecule has 0 aromatic carbocycles. The Hall–Kier alpha value is -3.86. The third kappa shape index (κ3) is 12.4. The number of carbonyl (C=O) groups excluding carboxylic acids is 4. The van der Waals surface area contributed by atoms with Gasteiger partial charge in [-0.1, -0.05) is 0 Å². The molecule has 0 aliphatic rings. The number of amides is 4. The van der Waals surface area contributed by atoms with E-state index in [0.717, 1.165) is 0 Å². The van der Waals surface area contributed by atoms with Crippen molar-refractivity contribution in [2.24, 2.45) is 27.9 Å². The standard InChI is InChI=1S/C21H36N10O6S/c1-38-6-4-12(22)17(33)29-13(3-2-5-27-21(24)25)18(34)30-14(8-16(23)32)19(35)31-15(20(36)37)7-11-9-26-10-28-11/h9-10,12-15H,2-8,22H2,1H3,(H2,23,32)(H,26,28)(H,29,33)(H,30,34)(H,31,35)(H,36,37)(H4,24,25,27). The molecule has 212 valence electrons. The number of H-pyrrole nitrogens is 1. The zero-order chi connectivity index (χ0) is 28.7.